The average molecular weight is 558 g/mol. The Bertz CT molecular complexity index is 1660. The molecule has 1 aliphatic carbocycles. The molecule has 198 valence electrons. The Kier molecular flexibility index (Phi) is 7.55. The molecule has 0 spiro atoms. The van der Waals surface area contributed by atoms with E-state index in [1.165, 1.54) is 28.5 Å². The van der Waals surface area contributed by atoms with Crippen LogP contribution in [0, 0.1) is 0 Å². The van der Waals surface area contributed by atoms with Crippen LogP contribution >= 0.6 is 23.1 Å². The fourth-order valence-electron chi connectivity index (χ4n) is 4.78. The van der Waals surface area contributed by atoms with Crippen molar-refractivity contribution in [3.05, 3.63) is 105 Å². The third-order valence-corrected chi connectivity index (χ3v) is 8.87. The first-order valence-corrected chi connectivity index (χ1v) is 14.8. The quantitative estimate of drug-likeness (QED) is 0.200. The average Bonchev–Trinajstić information content (AvgIpc) is 3.60. The third kappa shape index (κ3) is 5.67. The Morgan fingerprint density at radius 3 is 2.77 bits per heavy atom. The van der Waals surface area contributed by atoms with E-state index in [4.69, 9.17) is 9.40 Å². The largest absolute Gasteiger partial charge is 0.447 e. The van der Waals surface area contributed by atoms with E-state index in [2.05, 4.69) is 15.3 Å². The molecule has 0 unspecified atom stereocenters. The van der Waals surface area contributed by atoms with Crippen molar-refractivity contribution in [3.8, 4) is 0 Å². The number of amides is 1. The lowest BCUT2D eigenvalue weighted by molar-refractivity contribution is 0.0949. The van der Waals surface area contributed by atoms with Gasteiger partial charge in [-0.3, -0.25) is 19.1 Å². The molecule has 8 nitrogen and oxygen atoms in total. The number of carbonyl (C=O) groups excluding carboxylic acids is 1. The molecule has 39 heavy (non-hydrogen) atoms. The van der Waals surface area contributed by atoms with E-state index >= 15 is 0 Å². The molecule has 0 bridgehead atoms. The molecule has 4 aromatic heterocycles. The summed E-state index contributed by atoms with van der Waals surface area (Å²) in [5.74, 6) is 0.454. The fourth-order valence-corrected chi connectivity index (χ4v) is 6.94. The molecule has 0 saturated heterocycles. The highest BCUT2D eigenvalue weighted by Crippen LogP contribution is 2.35. The van der Waals surface area contributed by atoms with Gasteiger partial charge in [0.05, 0.1) is 17.7 Å². The number of benzene rings is 1. The maximum Gasteiger partial charge on any atom is 0.273 e. The van der Waals surface area contributed by atoms with E-state index in [1.807, 2.05) is 48.5 Å². The van der Waals surface area contributed by atoms with Crippen LogP contribution in [-0.4, -0.2) is 32.0 Å². The zero-order valence-electron chi connectivity index (χ0n) is 21.3. The maximum absolute atomic E-state index is 13.8. The van der Waals surface area contributed by atoms with Crippen LogP contribution in [-0.2, 0) is 31.6 Å². The normalized spacial score (nSPS) is 12.9. The summed E-state index contributed by atoms with van der Waals surface area (Å²) in [5, 5.41) is 4.25. The number of nitrogens with zero attached hydrogens (tertiary/aromatic N) is 4. The van der Waals surface area contributed by atoms with Gasteiger partial charge >= 0.3 is 0 Å². The van der Waals surface area contributed by atoms with Crippen molar-refractivity contribution in [3.63, 3.8) is 0 Å². The van der Waals surface area contributed by atoms with Crippen LogP contribution in [0.4, 0.5) is 0 Å². The van der Waals surface area contributed by atoms with Crippen molar-refractivity contribution in [1.82, 2.24) is 24.8 Å². The number of fused-ring (bicyclic) bond motifs is 3. The molecule has 0 saturated carbocycles. The lowest BCUT2D eigenvalue weighted by Crippen LogP contribution is -2.26. The SMILES string of the molecule is O=C(NCCc1ccccn1)c1coc(CSc2nc3sc4c(c3c(=O)n2Cc2ccccc2)CCCC4)n1. The summed E-state index contributed by atoms with van der Waals surface area (Å²) in [7, 11) is 0. The number of carbonyl (C=O) groups is 1. The van der Waals surface area contributed by atoms with Gasteiger partial charge in [0.15, 0.2) is 10.9 Å². The highest BCUT2D eigenvalue weighted by Gasteiger charge is 2.23. The molecular formula is C29H27N5O3S2. The third-order valence-electron chi connectivity index (χ3n) is 6.73. The van der Waals surface area contributed by atoms with Gasteiger partial charge in [-0.25, -0.2) is 9.97 Å². The number of hydrogen-bond acceptors (Lipinski definition) is 8. The van der Waals surface area contributed by atoms with Gasteiger partial charge in [0, 0.05) is 29.7 Å². The summed E-state index contributed by atoms with van der Waals surface area (Å²) in [6.45, 7) is 0.887. The van der Waals surface area contributed by atoms with Crippen LogP contribution in [0.3, 0.4) is 0 Å². The summed E-state index contributed by atoms with van der Waals surface area (Å²) in [6, 6.07) is 15.6. The molecule has 4 heterocycles. The van der Waals surface area contributed by atoms with E-state index in [0.717, 1.165) is 47.2 Å². The second-order valence-electron chi connectivity index (χ2n) is 9.40. The summed E-state index contributed by atoms with van der Waals surface area (Å²) < 4.78 is 7.36. The Morgan fingerprint density at radius 2 is 1.92 bits per heavy atom. The minimum Gasteiger partial charge on any atom is -0.447 e. The lowest BCUT2D eigenvalue weighted by Gasteiger charge is -2.13. The topological polar surface area (TPSA) is 103 Å². The van der Waals surface area contributed by atoms with Crippen molar-refractivity contribution < 1.29 is 9.21 Å². The molecule has 1 N–H and O–H groups in total. The Labute approximate surface area is 233 Å². The highest BCUT2D eigenvalue weighted by atomic mass is 32.2. The summed E-state index contributed by atoms with van der Waals surface area (Å²) in [5.41, 5.74) is 3.36. The van der Waals surface area contributed by atoms with Gasteiger partial charge in [-0.1, -0.05) is 48.2 Å². The van der Waals surface area contributed by atoms with Gasteiger partial charge in [-0.05, 0) is 48.9 Å². The number of nitrogens with one attached hydrogen (secondary N) is 1. The number of aromatic nitrogens is 4. The van der Waals surface area contributed by atoms with E-state index in [1.54, 1.807) is 22.1 Å². The fraction of sp³-hybridized carbons (Fsp3) is 0.276. The number of rotatable bonds is 9. The van der Waals surface area contributed by atoms with Crippen LogP contribution in [0.5, 0.6) is 0 Å². The van der Waals surface area contributed by atoms with E-state index in [0.29, 0.717) is 36.3 Å². The zero-order valence-corrected chi connectivity index (χ0v) is 22.9. The number of hydrogen-bond donors (Lipinski definition) is 1. The summed E-state index contributed by atoms with van der Waals surface area (Å²) in [4.78, 5) is 42.1. The number of thioether (sulfide) groups is 1. The maximum atomic E-state index is 13.8. The predicted molar refractivity (Wildman–Crippen MR) is 152 cm³/mol. The van der Waals surface area contributed by atoms with E-state index in [9.17, 15) is 9.59 Å². The van der Waals surface area contributed by atoms with Crippen LogP contribution in [0.25, 0.3) is 10.2 Å². The van der Waals surface area contributed by atoms with Gasteiger partial charge in [0.1, 0.15) is 11.1 Å². The Balaban J connectivity index is 1.20. The van der Waals surface area contributed by atoms with Crippen molar-refractivity contribution in [2.75, 3.05) is 6.54 Å². The summed E-state index contributed by atoms with van der Waals surface area (Å²) >= 11 is 3.04. The Morgan fingerprint density at radius 1 is 1.08 bits per heavy atom. The molecule has 0 atom stereocenters. The van der Waals surface area contributed by atoms with Crippen LogP contribution in [0.15, 0.2) is 75.4 Å². The van der Waals surface area contributed by atoms with E-state index in [-0.39, 0.29) is 17.2 Å². The predicted octanol–water partition coefficient (Wildman–Crippen LogP) is 5.03. The first-order chi connectivity index (χ1) is 19.2. The smallest absolute Gasteiger partial charge is 0.273 e. The summed E-state index contributed by atoms with van der Waals surface area (Å²) in [6.07, 6.45) is 7.95. The van der Waals surface area contributed by atoms with Crippen LogP contribution in [0.2, 0.25) is 0 Å². The molecule has 6 rings (SSSR count). The van der Waals surface area contributed by atoms with Gasteiger partial charge in [-0.2, -0.15) is 0 Å². The van der Waals surface area contributed by atoms with Crippen LogP contribution < -0.4 is 10.9 Å². The molecule has 0 aliphatic heterocycles. The van der Waals surface area contributed by atoms with Crippen molar-refractivity contribution in [1.29, 1.82) is 0 Å². The highest BCUT2D eigenvalue weighted by molar-refractivity contribution is 7.98. The lowest BCUT2D eigenvalue weighted by atomic mass is 9.97. The van der Waals surface area contributed by atoms with Gasteiger partial charge < -0.3 is 9.73 Å². The molecule has 0 fully saturated rings. The minimum absolute atomic E-state index is 0.00568. The number of oxazole rings is 1. The first kappa shape index (κ1) is 25.5. The van der Waals surface area contributed by atoms with Crippen molar-refractivity contribution in [2.24, 2.45) is 0 Å². The van der Waals surface area contributed by atoms with Gasteiger partial charge in [0.2, 0.25) is 5.89 Å². The van der Waals surface area contributed by atoms with Crippen molar-refractivity contribution >= 4 is 39.2 Å². The van der Waals surface area contributed by atoms with Crippen LogP contribution in [0.1, 0.15) is 50.9 Å². The Hall–Kier alpha value is -3.76. The second kappa shape index (κ2) is 11.5. The number of aryl methyl sites for hydroxylation is 2. The minimum atomic E-state index is -0.296. The number of pyridine rings is 1. The molecular weight excluding hydrogens is 530 g/mol. The molecule has 5 aromatic rings. The molecule has 1 aromatic carbocycles. The molecule has 1 aliphatic rings. The molecule has 1 amide bonds. The zero-order chi connectivity index (χ0) is 26.6. The van der Waals surface area contributed by atoms with Crippen molar-refractivity contribution in [2.45, 2.75) is 49.6 Å². The molecule has 0 radical (unpaired) electrons. The standard InChI is InChI=1S/C29H27N5O3S2/c35-26(31-15-13-20-10-6-7-14-30-20)22-17-37-24(32-22)18-38-29-33-27-25(21-11-4-5-12-23(21)39-27)28(36)34(29)16-19-8-2-1-3-9-19/h1-3,6-10,14,17H,4-5,11-13,15-16,18H2,(H,31,35). The second-order valence-corrected chi connectivity index (χ2v) is 11.4. The number of thiophene rings is 1. The van der Waals surface area contributed by atoms with Gasteiger partial charge in [0.25, 0.3) is 11.5 Å². The first-order valence-electron chi connectivity index (χ1n) is 13.0. The monoisotopic (exact) mass is 557 g/mol. The van der Waals surface area contributed by atoms with E-state index < -0.39 is 0 Å². The van der Waals surface area contributed by atoms with Gasteiger partial charge in [-0.15, -0.1) is 11.3 Å². The molecule has 10 heteroatoms.